The molecule has 1 aliphatic heterocycles. The van der Waals surface area contributed by atoms with Gasteiger partial charge in [-0.3, -0.25) is 4.72 Å². The normalized spacial score (nSPS) is 22.3. The van der Waals surface area contributed by atoms with E-state index >= 15 is 0 Å². The van der Waals surface area contributed by atoms with Crippen LogP contribution in [-0.4, -0.2) is 33.6 Å². The van der Waals surface area contributed by atoms with Crippen LogP contribution >= 0.6 is 0 Å². The Balaban J connectivity index is 2.20. The number of sulfonamides is 1. The number of hydrogen-bond donors (Lipinski definition) is 2. The first-order chi connectivity index (χ1) is 8.70. The lowest BCUT2D eigenvalue weighted by Gasteiger charge is -2.13. The van der Waals surface area contributed by atoms with E-state index in [9.17, 15) is 16.8 Å². The van der Waals surface area contributed by atoms with E-state index < -0.39 is 25.1 Å². The molecular formula is C11H16N2O4S2. The molecular weight excluding hydrogens is 288 g/mol. The van der Waals surface area contributed by atoms with Crippen LogP contribution in [0.2, 0.25) is 0 Å². The van der Waals surface area contributed by atoms with Crippen LogP contribution < -0.4 is 10.5 Å². The van der Waals surface area contributed by atoms with Gasteiger partial charge in [0.05, 0.1) is 22.4 Å². The van der Waals surface area contributed by atoms with Crippen molar-refractivity contribution in [1.82, 2.24) is 0 Å². The summed E-state index contributed by atoms with van der Waals surface area (Å²) in [5.41, 5.74) is 7.40. The lowest BCUT2D eigenvalue weighted by Crippen LogP contribution is -2.28. The third-order valence-corrected chi connectivity index (χ3v) is 6.95. The van der Waals surface area contributed by atoms with Crippen LogP contribution in [0.4, 0.5) is 11.4 Å². The minimum Gasteiger partial charge on any atom is -0.398 e. The number of benzene rings is 1. The second-order valence-electron chi connectivity index (χ2n) is 4.74. The Bertz CT molecular complexity index is 695. The third kappa shape index (κ3) is 3.19. The summed E-state index contributed by atoms with van der Waals surface area (Å²) < 4.78 is 49.2. The van der Waals surface area contributed by atoms with Crippen molar-refractivity contribution in [2.24, 2.45) is 0 Å². The van der Waals surface area contributed by atoms with Gasteiger partial charge in [0.1, 0.15) is 0 Å². The van der Waals surface area contributed by atoms with Gasteiger partial charge in [-0.15, -0.1) is 0 Å². The summed E-state index contributed by atoms with van der Waals surface area (Å²) in [4.78, 5) is 0. The zero-order valence-corrected chi connectivity index (χ0v) is 12.1. The molecule has 2 rings (SSSR count). The Kier molecular flexibility index (Phi) is 3.48. The van der Waals surface area contributed by atoms with Crippen LogP contribution in [0, 0.1) is 6.92 Å². The van der Waals surface area contributed by atoms with Gasteiger partial charge in [0, 0.05) is 5.69 Å². The average molecular weight is 304 g/mol. The summed E-state index contributed by atoms with van der Waals surface area (Å²) in [6.07, 6.45) is 0.138. The van der Waals surface area contributed by atoms with Crippen molar-refractivity contribution in [2.75, 3.05) is 22.0 Å². The van der Waals surface area contributed by atoms with Crippen LogP contribution in [0.1, 0.15) is 12.0 Å². The fourth-order valence-electron chi connectivity index (χ4n) is 1.96. The second kappa shape index (κ2) is 4.68. The second-order valence-corrected chi connectivity index (χ2v) is 8.93. The molecule has 0 radical (unpaired) electrons. The molecule has 19 heavy (non-hydrogen) atoms. The Morgan fingerprint density at radius 1 is 1.37 bits per heavy atom. The van der Waals surface area contributed by atoms with Gasteiger partial charge >= 0.3 is 0 Å². The molecule has 0 saturated carbocycles. The van der Waals surface area contributed by atoms with Gasteiger partial charge in [-0.2, -0.15) is 0 Å². The maximum absolute atomic E-state index is 12.1. The summed E-state index contributed by atoms with van der Waals surface area (Å²) >= 11 is 0. The zero-order chi connectivity index (χ0) is 14.3. The predicted octanol–water partition coefficient (Wildman–Crippen LogP) is 0.506. The van der Waals surface area contributed by atoms with Gasteiger partial charge < -0.3 is 5.73 Å². The number of aryl methyl sites for hydroxylation is 1. The zero-order valence-electron chi connectivity index (χ0n) is 10.5. The molecule has 1 unspecified atom stereocenters. The number of sulfone groups is 1. The number of nitrogens with one attached hydrogen (secondary N) is 1. The number of nitrogen functional groups attached to an aromatic ring is 1. The molecule has 6 nitrogen and oxygen atoms in total. The van der Waals surface area contributed by atoms with Gasteiger partial charge in [-0.1, -0.05) is 6.07 Å². The van der Waals surface area contributed by atoms with E-state index in [2.05, 4.69) is 4.72 Å². The molecule has 1 fully saturated rings. The Labute approximate surface area is 113 Å². The van der Waals surface area contributed by atoms with Crippen molar-refractivity contribution in [3.05, 3.63) is 23.8 Å². The van der Waals surface area contributed by atoms with Gasteiger partial charge in [0.25, 0.3) is 0 Å². The first-order valence-electron chi connectivity index (χ1n) is 5.78. The van der Waals surface area contributed by atoms with Crippen molar-refractivity contribution in [3.63, 3.8) is 0 Å². The molecule has 3 N–H and O–H groups in total. The van der Waals surface area contributed by atoms with E-state index in [4.69, 9.17) is 5.73 Å². The highest BCUT2D eigenvalue weighted by molar-refractivity contribution is 7.97. The molecule has 0 bridgehead atoms. The highest BCUT2D eigenvalue weighted by Gasteiger charge is 2.37. The molecule has 1 saturated heterocycles. The largest absolute Gasteiger partial charge is 0.398 e. The lowest BCUT2D eigenvalue weighted by molar-refractivity contribution is 0.587. The van der Waals surface area contributed by atoms with Crippen LogP contribution in [0.3, 0.4) is 0 Å². The standard InChI is InChI=1S/C11H16N2O4S2/c1-8-2-3-9(6-11(8)12)13-19(16,17)10-4-5-18(14,15)7-10/h2-3,6,10,13H,4-5,7,12H2,1H3. The molecule has 8 heteroatoms. The summed E-state index contributed by atoms with van der Waals surface area (Å²) in [5.74, 6) is -0.391. The van der Waals surface area contributed by atoms with Gasteiger partial charge in [0.2, 0.25) is 10.0 Å². The van der Waals surface area contributed by atoms with E-state index in [0.29, 0.717) is 11.4 Å². The fourth-order valence-corrected chi connectivity index (χ4v) is 6.04. The lowest BCUT2D eigenvalue weighted by atomic mass is 10.2. The van der Waals surface area contributed by atoms with Crippen molar-refractivity contribution < 1.29 is 16.8 Å². The van der Waals surface area contributed by atoms with Crippen molar-refractivity contribution in [3.8, 4) is 0 Å². The van der Waals surface area contributed by atoms with E-state index in [-0.39, 0.29) is 17.9 Å². The van der Waals surface area contributed by atoms with Crippen molar-refractivity contribution in [1.29, 1.82) is 0 Å². The smallest absolute Gasteiger partial charge is 0.236 e. The highest BCUT2D eigenvalue weighted by atomic mass is 32.2. The maximum Gasteiger partial charge on any atom is 0.236 e. The minimum atomic E-state index is -3.70. The molecule has 106 valence electrons. The number of hydrogen-bond acceptors (Lipinski definition) is 5. The van der Waals surface area contributed by atoms with E-state index in [0.717, 1.165) is 5.56 Å². The molecule has 1 heterocycles. The summed E-state index contributed by atoms with van der Waals surface area (Å²) in [5, 5.41) is -0.889. The first kappa shape index (κ1) is 14.1. The molecule has 1 aromatic carbocycles. The quantitative estimate of drug-likeness (QED) is 0.791. The Hall–Kier alpha value is -1.28. The SMILES string of the molecule is Cc1ccc(NS(=O)(=O)C2CCS(=O)(=O)C2)cc1N. The van der Waals surface area contributed by atoms with Gasteiger partial charge in [-0.05, 0) is 31.0 Å². The summed E-state index contributed by atoms with van der Waals surface area (Å²) in [6, 6.07) is 4.83. The summed E-state index contributed by atoms with van der Waals surface area (Å²) in [7, 11) is -6.93. The monoisotopic (exact) mass is 304 g/mol. The van der Waals surface area contributed by atoms with Crippen LogP contribution in [-0.2, 0) is 19.9 Å². The average Bonchev–Trinajstić information content (AvgIpc) is 2.65. The Morgan fingerprint density at radius 3 is 2.58 bits per heavy atom. The van der Waals surface area contributed by atoms with Gasteiger partial charge in [0.15, 0.2) is 9.84 Å². The van der Waals surface area contributed by atoms with E-state index in [1.54, 1.807) is 12.1 Å². The molecule has 1 aliphatic rings. The molecule has 0 amide bonds. The first-order valence-corrected chi connectivity index (χ1v) is 9.14. The molecule has 1 aromatic rings. The van der Waals surface area contributed by atoms with Crippen LogP contribution in [0.5, 0.6) is 0 Å². The maximum atomic E-state index is 12.1. The summed E-state index contributed by atoms with van der Waals surface area (Å²) in [6.45, 7) is 1.82. The van der Waals surface area contributed by atoms with Crippen molar-refractivity contribution >= 4 is 31.2 Å². The topological polar surface area (TPSA) is 106 Å². The fraction of sp³-hybridized carbons (Fsp3) is 0.455. The number of anilines is 2. The molecule has 0 aromatic heterocycles. The molecule has 0 aliphatic carbocycles. The van der Waals surface area contributed by atoms with Crippen LogP contribution in [0.25, 0.3) is 0 Å². The Morgan fingerprint density at radius 2 is 2.05 bits per heavy atom. The predicted molar refractivity (Wildman–Crippen MR) is 75.2 cm³/mol. The van der Waals surface area contributed by atoms with Crippen LogP contribution in [0.15, 0.2) is 18.2 Å². The number of nitrogens with two attached hydrogens (primary N) is 1. The van der Waals surface area contributed by atoms with E-state index in [1.807, 2.05) is 6.92 Å². The van der Waals surface area contributed by atoms with Crippen molar-refractivity contribution in [2.45, 2.75) is 18.6 Å². The third-order valence-electron chi connectivity index (χ3n) is 3.17. The highest BCUT2D eigenvalue weighted by Crippen LogP contribution is 2.23. The minimum absolute atomic E-state index is 0.0748. The van der Waals surface area contributed by atoms with E-state index in [1.165, 1.54) is 6.07 Å². The molecule has 1 atom stereocenters. The molecule has 0 spiro atoms. The number of rotatable bonds is 3. The van der Waals surface area contributed by atoms with Gasteiger partial charge in [-0.25, -0.2) is 16.8 Å².